The molecule has 1 rings (SSSR count). The monoisotopic (exact) mass is 311 g/mol. The number of hydrogen-bond acceptors (Lipinski definition) is 2. The van der Waals surface area contributed by atoms with Gasteiger partial charge in [-0.25, -0.2) is 0 Å². The Morgan fingerprint density at radius 1 is 1.24 bits per heavy atom. The van der Waals surface area contributed by atoms with Crippen LogP contribution in [0.3, 0.4) is 0 Å². The van der Waals surface area contributed by atoms with Gasteiger partial charge in [-0.05, 0) is 37.9 Å². The Labute approximate surface area is 106 Å². The van der Waals surface area contributed by atoms with Crippen molar-refractivity contribution in [1.29, 1.82) is 0 Å². The molecule has 0 spiro atoms. The molecule has 17 heavy (non-hydrogen) atoms. The third-order valence-electron chi connectivity index (χ3n) is 2.38. The topological polar surface area (TPSA) is 46.2 Å². The van der Waals surface area contributed by atoms with E-state index in [1.807, 2.05) is 0 Å². The van der Waals surface area contributed by atoms with Crippen molar-refractivity contribution in [2.24, 2.45) is 5.73 Å². The summed E-state index contributed by atoms with van der Waals surface area (Å²) in [7, 11) is 0. The van der Waals surface area contributed by atoms with E-state index in [4.69, 9.17) is 5.73 Å². The molecule has 0 saturated carbocycles. The molecule has 1 aromatic carbocycles. The van der Waals surface area contributed by atoms with E-state index < -0.39 is 11.7 Å². The zero-order valence-corrected chi connectivity index (χ0v) is 10.6. The average molecular weight is 312 g/mol. The van der Waals surface area contributed by atoms with Gasteiger partial charge in [-0.15, -0.1) is 0 Å². The van der Waals surface area contributed by atoms with Gasteiger partial charge in [0.15, 0.2) is 0 Å². The maximum absolute atomic E-state index is 12.4. The molecule has 6 heteroatoms. The van der Waals surface area contributed by atoms with Crippen molar-refractivity contribution in [2.75, 3.05) is 6.54 Å². The maximum atomic E-state index is 12.4. The summed E-state index contributed by atoms with van der Waals surface area (Å²) in [5.41, 5.74) is 4.96. The minimum absolute atomic E-state index is 0.279. The first kappa shape index (κ1) is 14.3. The number of unbranched alkanes of at least 4 members (excludes halogenated alkanes) is 1. The molecule has 0 aliphatic carbocycles. The summed E-state index contributed by atoms with van der Waals surface area (Å²) in [6.45, 7) is 0.527. The highest BCUT2D eigenvalue weighted by molar-refractivity contribution is 9.10. The highest BCUT2D eigenvalue weighted by Gasteiger charge is 2.31. The third kappa shape index (κ3) is 3.89. The SMILES string of the molecule is NCCCCc1c(O)cc(C(F)(F)F)cc1Br. The van der Waals surface area contributed by atoms with E-state index in [2.05, 4.69) is 15.9 Å². The van der Waals surface area contributed by atoms with E-state index >= 15 is 0 Å². The van der Waals surface area contributed by atoms with Gasteiger partial charge in [0.2, 0.25) is 0 Å². The largest absolute Gasteiger partial charge is 0.508 e. The van der Waals surface area contributed by atoms with Crippen LogP contribution in [0.2, 0.25) is 0 Å². The number of halogens is 4. The fourth-order valence-corrected chi connectivity index (χ4v) is 2.13. The Kier molecular flexibility index (Phi) is 4.82. The molecule has 2 nitrogen and oxygen atoms in total. The molecule has 0 heterocycles. The van der Waals surface area contributed by atoms with E-state index in [1.165, 1.54) is 0 Å². The first-order chi connectivity index (χ1) is 7.86. The van der Waals surface area contributed by atoms with Crippen molar-refractivity contribution in [3.8, 4) is 5.75 Å². The zero-order valence-electron chi connectivity index (χ0n) is 9.02. The van der Waals surface area contributed by atoms with Crippen molar-refractivity contribution >= 4 is 15.9 Å². The molecule has 0 fully saturated rings. The Hall–Kier alpha value is -0.750. The lowest BCUT2D eigenvalue weighted by Crippen LogP contribution is -2.06. The number of benzene rings is 1. The van der Waals surface area contributed by atoms with Gasteiger partial charge in [-0.2, -0.15) is 13.2 Å². The van der Waals surface area contributed by atoms with Crippen LogP contribution in [0.4, 0.5) is 13.2 Å². The Bertz CT molecular complexity index is 370. The van der Waals surface area contributed by atoms with Crippen LogP contribution in [0.15, 0.2) is 16.6 Å². The summed E-state index contributed by atoms with van der Waals surface area (Å²) < 4.78 is 37.6. The lowest BCUT2D eigenvalue weighted by atomic mass is 10.0. The lowest BCUT2D eigenvalue weighted by molar-refractivity contribution is -0.137. The lowest BCUT2D eigenvalue weighted by Gasteiger charge is -2.12. The first-order valence-electron chi connectivity index (χ1n) is 5.15. The van der Waals surface area contributed by atoms with Crippen molar-refractivity contribution in [1.82, 2.24) is 0 Å². The molecule has 0 amide bonds. The summed E-state index contributed by atoms with van der Waals surface area (Å²) in [6.07, 6.45) is -2.45. The first-order valence-corrected chi connectivity index (χ1v) is 5.94. The summed E-state index contributed by atoms with van der Waals surface area (Å²) in [6, 6.07) is 1.74. The Morgan fingerprint density at radius 2 is 1.88 bits per heavy atom. The molecular formula is C11H13BrF3NO. The second kappa shape index (κ2) is 5.73. The van der Waals surface area contributed by atoms with Gasteiger partial charge >= 0.3 is 6.18 Å². The van der Waals surface area contributed by atoms with Crippen molar-refractivity contribution in [2.45, 2.75) is 25.4 Å². The quantitative estimate of drug-likeness (QED) is 0.837. The van der Waals surface area contributed by atoms with E-state index in [-0.39, 0.29) is 10.2 Å². The predicted octanol–water partition coefficient (Wildman–Crippen LogP) is 3.45. The number of nitrogens with two attached hydrogens (primary N) is 1. The second-order valence-electron chi connectivity index (χ2n) is 3.70. The summed E-state index contributed by atoms with van der Waals surface area (Å²) in [4.78, 5) is 0. The molecule has 0 radical (unpaired) electrons. The zero-order chi connectivity index (χ0) is 13.1. The molecule has 0 atom stereocenters. The van der Waals surface area contributed by atoms with E-state index in [0.717, 1.165) is 25.0 Å². The highest BCUT2D eigenvalue weighted by atomic mass is 79.9. The normalized spacial score (nSPS) is 11.8. The molecule has 3 N–H and O–H groups in total. The molecule has 0 bridgehead atoms. The van der Waals surface area contributed by atoms with Crippen LogP contribution in [-0.2, 0) is 12.6 Å². The van der Waals surface area contributed by atoms with E-state index in [1.54, 1.807) is 0 Å². The number of hydrogen-bond donors (Lipinski definition) is 2. The highest BCUT2D eigenvalue weighted by Crippen LogP contribution is 2.37. The molecule has 1 aromatic rings. The van der Waals surface area contributed by atoms with Gasteiger partial charge in [0.25, 0.3) is 0 Å². The summed E-state index contributed by atoms with van der Waals surface area (Å²) in [5.74, 6) is -0.330. The molecule has 0 unspecified atom stereocenters. The molecule has 96 valence electrons. The van der Waals surface area contributed by atoms with E-state index in [0.29, 0.717) is 18.5 Å². The Morgan fingerprint density at radius 3 is 2.35 bits per heavy atom. The molecular weight excluding hydrogens is 299 g/mol. The second-order valence-corrected chi connectivity index (χ2v) is 4.55. The number of phenolic OH excluding ortho intramolecular Hbond substituents is 1. The van der Waals surface area contributed by atoms with Gasteiger partial charge in [-0.1, -0.05) is 15.9 Å². The minimum atomic E-state index is -4.45. The standard InChI is InChI=1S/C11H13BrF3NO/c12-9-5-7(11(13,14)15)6-10(17)8(9)3-1-2-4-16/h5-6,17H,1-4,16H2. The van der Waals surface area contributed by atoms with E-state index in [9.17, 15) is 18.3 Å². The average Bonchev–Trinajstić information content (AvgIpc) is 2.20. The Balaban J connectivity index is 2.95. The van der Waals surface area contributed by atoms with Gasteiger partial charge in [0, 0.05) is 10.0 Å². The van der Waals surface area contributed by atoms with Crippen LogP contribution in [-0.4, -0.2) is 11.7 Å². The summed E-state index contributed by atoms with van der Waals surface area (Å²) >= 11 is 3.05. The fraction of sp³-hybridized carbons (Fsp3) is 0.455. The number of aromatic hydroxyl groups is 1. The maximum Gasteiger partial charge on any atom is 0.416 e. The van der Waals surface area contributed by atoms with Gasteiger partial charge in [0.1, 0.15) is 5.75 Å². The van der Waals surface area contributed by atoms with Gasteiger partial charge in [-0.3, -0.25) is 0 Å². The van der Waals surface area contributed by atoms with Crippen LogP contribution >= 0.6 is 15.9 Å². The predicted molar refractivity (Wildman–Crippen MR) is 62.8 cm³/mol. The van der Waals surface area contributed by atoms with Crippen molar-refractivity contribution in [3.05, 3.63) is 27.7 Å². The third-order valence-corrected chi connectivity index (χ3v) is 3.09. The fourth-order valence-electron chi connectivity index (χ4n) is 1.48. The molecule has 0 aromatic heterocycles. The number of alkyl halides is 3. The smallest absolute Gasteiger partial charge is 0.416 e. The molecule has 0 saturated heterocycles. The van der Waals surface area contributed by atoms with Gasteiger partial charge in [0.05, 0.1) is 5.56 Å². The van der Waals surface area contributed by atoms with Crippen LogP contribution in [0.5, 0.6) is 5.75 Å². The number of rotatable bonds is 4. The summed E-state index contributed by atoms with van der Waals surface area (Å²) in [5, 5.41) is 9.57. The van der Waals surface area contributed by atoms with Crippen LogP contribution in [0.1, 0.15) is 24.0 Å². The van der Waals surface area contributed by atoms with Crippen molar-refractivity contribution < 1.29 is 18.3 Å². The molecule has 0 aliphatic heterocycles. The number of phenols is 1. The minimum Gasteiger partial charge on any atom is -0.508 e. The van der Waals surface area contributed by atoms with Crippen LogP contribution in [0, 0.1) is 0 Å². The van der Waals surface area contributed by atoms with Crippen LogP contribution in [0.25, 0.3) is 0 Å². The van der Waals surface area contributed by atoms with Crippen molar-refractivity contribution in [3.63, 3.8) is 0 Å². The van der Waals surface area contributed by atoms with Crippen LogP contribution < -0.4 is 5.73 Å². The molecule has 0 aliphatic rings. The van der Waals surface area contributed by atoms with Gasteiger partial charge < -0.3 is 10.8 Å².